The molecule has 4 heteroatoms. The van der Waals surface area contributed by atoms with Gasteiger partial charge in [-0.3, -0.25) is 4.90 Å². The number of likely N-dealkylation sites (tertiary alicyclic amines) is 1. The third kappa shape index (κ3) is 6.12. The molecule has 6 rings (SSSR count). The van der Waals surface area contributed by atoms with Gasteiger partial charge in [0.25, 0.3) is 0 Å². The molecular formula is C41H42NO3. The van der Waals surface area contributed by atoms with Gasteiger partial charge in [0, 0.05) is 20.1 Å². The molecule has 3 atom stereocenters. The summed E-state index contributed by atoms with van der Waals surface area (Å²) in [4.78, 5) is 2.39. The molecule has 1 heterocycles. The molecule has 0 aliphatic carbocycles. The van der Waals surface area contributed by atoms with Gasteiger partial charge < -0.3 is 14.6 Å². The predicted octanol–water partition coefficient (Wildman–Crippen LogP) is 7.83. The van der Waals surface area contributed by atoms with E-state index in [-0.39, 0.29) is 6.04 Å². The molecule has 0 spiro atoms. The van der Waals surface area contributed by atoms with Crippen molar-refractivity contribution in [3.8, 4) is 0 Å². The van der Waals surface area contributed by atoms with Crippen LogP contribution in [0, 0.1) is 6.42 Å². The summed E-state index contributed by atoms with van der Waals surface area (Å²) in [5, 5.41) is 12.2. The number of aliphatic hydroxyl groups is 1. The first-order chi connectivity index (χ1) is 22.0. The topological polar surface area (TPSA) is 41.9 Å². The zero-order valence-electron chi connectivity index (χ0n) is 26.2. The fourth-order valence-corrected chi connectivity index (χ4v) is 7.16. The van der Waals surface area contributed by atoms with Crippen molar-refractivity contribution >= 4 is 0 Å². The first-order valence-electron chi connectivity index (χ1n) is 15.7. The highest BCUT2D eigenvalue weighted by atomic mass is 16.5. The van der Waals surface area contributed by atoms with Crippen LogP contribution in [0.1, 0.15) is 47.7 Å². The second-order valence-corrected chi connectivity index (χ2v) is 12.3. The first-order valence-corrected chi connectivity index (χ1v) is 15.7. The van der Waals surface area contributed by atoms with Crippen molar-refractivity contribution in [3.63, 3.8) is 0 Å². The Bertz CT molecular complexity index is 1470. The highest BCUT2D eigenvalue weighted by Crippen LogP contribution is 2.47. The largest absolute Gasteiger partial charge is 0.389 e. The Hall–Kier alpha value is -4.06. The second-order valence-electron chi connectivity index (χ2n) is 12.3. The van der Waals surface area contributed by atoms with E-state index in [4.69, 9.17) is 9.47 Å². The fourth-order valence-electron chi connectivity index (χ4n) is 7.16. The average Bonchev–Trinajstić information content (AvgIpc) is 3.09. The van der Waals surface area contributed by atoms with Crippen LogP contribution in [-0.2, 0) is 15.1 Å². The highest BCUT2D eigenvalue weighted by Gasteiger charge is 2.53. The second kappa shape index (κ2) is 13.5. The number of benzene rings is 5. The number of methoxy groups -OCH3 is 1. The van der Waals surface area contributed by atoms with Crippen LogP contribution in [0.25, 0.3) is 0 Å². The lowest BCUT2D eigenvalue weighted by molar-refractivity contribution is -0.191. The van der Waals surface area contributed by atoms with Crippen molar-refractivity contribution in [2.24, 2.45) is 0 Å². The van der Waals surface area contributed by atoms with E-state index in [0.29, 0.717) is 6.54 Å². The monoisotopic (exact) mass is 596 g/mol. The van der Waals surface area contributed by atoms with E-state index < -0.39 is 29.5 Å². The Balaban J connectivity index is 1.54. The average molecular weight is 597 g/mol. The van der Waals surface area contributed by atoms with E-state index in [1.54, 1.807) is 7.11 Å². The summed E-state index contributed by atoms with van der Waals surface area (Å²) in [5.41, 5.74) is 3.51. The number of hydrogen-bond donors (Lipinski definition) is 1. The Kier molecular flexibility index (Phi) is 9.29. The molecule has 4 nitrogen and oxygen atoms in total. The Morgan fingerprint density at radius 1 is 0.622 bits per heavy atom. The van der Waals surface area contributed by atoms with Crippen LogP contribution < -0.4 is 0 Å². The lowest BCUT2D eigenvalue weighted by atomic mass is 9.77. The molecule has 229 valence electrons. The quantitative estimate of drug-likeness (QED) is 0.167. The zero-order valence-corrected chi connectivity index (χ0v) is 26.2. The third-order valence-electron chi connectivity index (χ3n) is 9.07. The lowest BCUT2D eigenvalue weighted by Crippen LogP contribution is -2.66. The highest BCUT2D eigenvalue weighted by molar-refractivity contribution is 5.48. The molecule has 3 unspecified atom stereocenters. The number of rotatable bonds is 10. The number of aliphatic hydroxyl groups excluding tert-OH is 1. The molecule has 0 amide bonds. The Morgan fingerprint density at radius 3 is 1.38 bits per heavy atom. The van der Waals surface area contributed by atoms with Crippen molar-refractivity contribution in [3.05, 3.63) is 186 Å². The minimum Gasteiger partial charge on any atom is -0.389 e. The summed E-state index contributed by atoms with van der Waals surface area (Å²) >= 11 is 0. The van der Waals surface area contributed by atoms with Gasteiger partial charge in [0.05, 0.1) is 29.9 Å². The molecule has 5 aromatic rings. The summed E-state index contributed by atoms with van der Waals surface area (Å²) in [6.45, 7) is 4.83. The summed E-state index contributed by atoms with van der Waals surface area (Å²) in [5.74, 6) is 0. The van der Waals surface area contributed by atoms with Crippen LogP contribution in [0.3, 0.4) is 0 Å². The van der Waals surface area contributed by atoms with Gasteiger partial charge in [-0.1, -0.05) is 152 Å². The first kappa shape index (κ1) is 30.9. The molecule has 45 heavy (non-hydrogen) atoms. The third-order valence-corrected chi connectivity index (χ3v) is 9.07. The smallest absolute Gasteiger partial charge is 0.144 e. The van der Waals surface area contributed by atoms with Gasteiger partial charge in [-0.2, -0.15) is 0 Å². The summed E-state index contributed by atoms with van der Waals surface area (Å²) in [6.07, 6.45) is 0.782. The maximum Gasteiger partial charge on any atom is 0.144 e. The zero-order chi connectivity index (χ0) is 31.3. The lowest BCUT2D eigenvalue weighted by Gasteiger charge is -2.54. The molecule has 1 saturated heterocycles. The molecule has 1 aliphatic rings. The van der Waals surface area contributed by atoms with Gasteiger partial charge in [0.2, 0.25) is 0 Å². The normalized spacial score (nSPS) is 19.4. The Labute approximate surface area is 267 Å². The molecule has 0 aromatic heterocycles. The molecule has 1 aliphatic heterocycles. The van der Waals surface area contributed by atoms with Gasteiger partial charge >= 0.3 is 0 Å². The maximum absolute atomic E-state index is 12.2. The van der Waals surface area contributed by atoms with Gasteiger partial charge in [-0.05, 0) is 41.7 Å². The van der Waals surface area contributed by atoms with Crippen molar-refractivity contribution < 1.29 is 14.6 Å². The van der Waals surface area contributed by atoms with E-state index in [0.717, 1.165) is 27.8 Å². The van der Waals surface area contributed by atoms with Crippen molar-refractivity contribution in [1.82, 2.24) is 4.90 Å². The van der Waals surface area contributed by atoms with Gasteiger partial charge in [0.15, 0.2) is 0 Å². The number of nitrogens with zero attached hydrogens (tertiary/aromatic N) is 1. The van der Waals surface area contributed by atoms with E-state index >= 15 is 0 Å². The summed E-state index contributed by atoms with van der Waals surface area (Å²) in [7, 11) is 1.67. The molecule has 1 N–H and O–H groups in total. The fraction of sp³-hybridized carbons (Fsp3) is 0.244. The van der Waals surface area contributed by atoms with Crippen molar-refractivity contribution in [2.75, 3.05) is 13.7 Å². The van der Waals surface area contributed by atoms with E-state index in [1.165, 1.54) is 0 Å². The minimum absolute atomic E-state index is 0.122. The number of piperidine rings is 1. The number of ether oxygens (including phenoxy) is 2. The standard InChI is InChI=1S/C41H42NO3/c1-40(2,45-41(33-23-13-6-14-24-33,34-25-15-7-16-26-34)35-27-17-8-18-28-35)39-38(43)36(44-3)29-30-42(39)37(31-19-9-4-10-20-31)32-21-11-5-12-22-32/h4-29,36-39,43H,30H2,1-3H3. The van der Waals surface area contributed by atoms with Crippen molar-refractivity contribution in [1.29, 1.82) is 0 Å². The van der Waals surface area contributed by atoms with E-state index in [1.807, 2.05) is 30.3 Å². The maximum atomic E-state index is 12.2. The van der Waals surface area contributed by atoms with E-state index in [9.17, 15) is 5.11 Å². The van der Waals surface area contributed by atoms with Gasteiger partial charge in [-0.25, -0.2) is 0 Å². The van der Waals surface area contributed by atoms with Crippen LogP contribution in [0.4, 0.5) is 0 Å². The number of hydrogen-bond acceptors (Lipinski definition) is 4. The summed E-state index contributed by atoms with van der Waals surface area (Å²) < 4.78 is 13.5. The van der Waals surface area contributed by atoms with Crippen molar-refractivity contribution in [2.45, 2.75) is 49.3 Å². The van der Waals surface area contributed by atoms with E-state index in [2.05, 4.69) is 146 Å². The van der Waals surface area contributed by atoms with Gasteiger partial charge in [0.1, 0.15) is 5.60 Å². The molecule has 1 radical (unpaired) electrons. The van der Waals surface area contributed by atoms with Crippen LogP contribution in [-0.4, -0.2) is 47.5 Å². The predicted molar refractivity (Wildman–Crippen MR) is 181 cm³/mol. The molecule has 0 saturated carbocycles. The van der Waals surface area contributed by atoms with Crippen LogP contribution >= 0.6 is 0 Å². The summed E-state index contributed by atoms with van der Waals surface area (Å²) in [6, 6.07) is 51.8. The van der Waals surface area contributed by atoms with Gasteiger partial charge in [-0.15, -0.1) is 0 Å². The SMILES string of the molecule is COC1[CH]CN(C(c2ccccc2)c2ccccc2)C(C(C)(C)OC(c2ccccc2)(c2ccccc2)c2ccccc2)C1O. The van der Waals surface area contributed by atoms with Crippen LogP contribution in [0.15, 0.2) is 152 Å². The Morgan fingerprint density at radius 2 is 1.00 bits per heavy atom. The van der Waals surface area contributed by atoms with Crippen LogP contribution in [0.2, 0.25) is 0 Å². The molecular weight excluding hydrogens is 554 g/mol. The molecule has 1 fully saturated rings. The van der Waals surface area contributed by atoms with Crippen LogP contribution in [0.5, 0.6) is 0 Å². The molecule has 0 bridgehead atoms. The minimum atomic E-state index is -0.961. The molecule has 5 aromatic carbocycles.